The summed E-state index contributed by atoms with van der Waals surface area (Å²) >= 11 is 1.52. The lowest BCUT2D eigenvalue weighted by Gasteiger charge is -2.12. The lowest BCUT2D eigenvalue weighted by Crippen LogP contribution is -2.07. The number of thiophene rings is 1. The molecule has 27 heavy (non-hydrogen) atoms. The maximum atomic E-state index is 13.5. The van der Waals surface area contributed by atoms with E-state index >= 15 is 0 Å². The van der Waals surface area contributed by atoms with Gasteiger partial charge >= 0.3 is 0 Å². The highest BCUT2D eigenvalue weighted by Gasteiger charge is 2.25. The van der Waals surface area contributed by atoms with Crippen LogP contribution < -0.4 is 0 Å². The number of benzene rings is 2. The second-order valence-electron chi connectivity index (χ2n) is 6.55. The third kappa shape index (κ3) is 3.55. The Morgan fingerprint density at radius 2 is 1.89 bits per heavy atom. The molecule has 0 spiro atoms. The number of carbonyl (C=O) groups excluding carboxylic acids is 1. The molecule has 2 aromatic carbocycles. The van der Waals surface area contributed by atoms with Gasteiger partial charge in [0.15, 0.2) is 5.78 Å². The molecule has 0 fully saturated rings. The summed E-state index contributed by atoms with van der Waals surface area (Å²) in [6.07, 6.45) is 5.43. The van der Waals surface area contributed by atoms with Gasteiger partial charge in [-0.2, -0.15) is 0 Å². The van der Waals surface area contributed by atoms with Crippen LogP contribution in [0.1, 0.15) is 44.8 Å². The first kappa shape index (κ1) is 17.6. The minimum atomic E-state index is -0.444. The fourth-order valence-electron chi connectivity index (χ4n) is 3.37. The Morgan fingerprint density at radius 3 is 2.70 bits per heavy atom. The van der Waals surface area contributed by atoms with Crippen LogP contribution >= 0.6 is 11.3 Å². The van der Waals surface area contributed by atoms with Crippen LogP contribution in [0.2, 0.25) is 0 Å². The van der Waals surface area contributed by atoms with Crippen molar-refractivity contribution >= 4 is 28.3 Å². The van der Waals surface area contributed by atoms with E-state index in [1.165, 1.54) is 40.6 Å². The summed E-state index contributed by atoms with van der Waals surface area (Å²) in [5.74, 6) is -0.525. The zero-order chi connectivity index (χ0) is 18.8. The maximum Gasteiger partial charge on any atom is 0.196 e. The summed E-state index contributed by atoms with van der Waals surface area (Å²) in [6.45, 7) is 0. The van der Waals surface area contributed by atoms with Crippen LogP contribution in [-0.2, 0) is 12.8 Å². The predicted molar refractivity (Wildman–Crippen MR) is 106 cm³/mol. The lowest BCUT2D eigenvalue weighted by atomic mass is 9.92. The zero-order valence-corrected chi connectivity index (χ0v) is 15.4. The third-order valence-corrected chi connectivity index (χ3v) is 5.93. The van der Waals surface area contributed by atoms with Gasteiger partial charge in [-0.15, -0.1) is 11.3 Å². The highest BCUT2D eigenvalue weighted by molar-refractivity contribution is 7.16. The highest BCUT2D eigenvalue weighted by Crippen LogP contribution is 2.41. The monoisotopic (exact) mass is 379 g/mol. The Bertz CT molecular complexity index is 1020. The number of aromatic hydroxyl groups is 1. The van der Waals surface area contributed by atoms with Crippen molar-refractivity contribution in [2.45, 2.75) is 25.7 Å². The van der Waals surface area contributed by atoms with Gasteiger partial charge in [0.25, 0.3) is 0 Å². The Balaban J connectivity index is 1.78. The number of hydrogen-bond acceptors (Lipinski definition) is 4. The third-order valence-electron chi connectivity index (χ3n) is 4.73. The Labute approximate surface area is 160 Å². The molecule has 0 aliphatic heterocycles. The number of halogens is 1. The molecule has 0 unspecified atom stereocenters. The summed E-state index contributed by atoms with van der Waals surface area (Å²) < 4.78 is 13.5. The van der Waals surface area contributed by atoms with Gasteiger partial charge in [-0.3, -0.25) is 4.79 Å². The number of phenolic OH excluding ortho intramolecular Hbond substituents is 1. The van der Waals surface area contributed by atoms with Crippen LogP contribution in [0.4, 0.5) is 9.39 Å². The molecular formula is C22H18FNO2S. The first-order valence-corrected chi connectivity index (χ1v) is 9.72. The Hall–Kier alpha value is -2.79. The minimum Gasteiger partial charge on any atom is -0.507 e. The van der Waals surface area contributed by atoms with E-state index in [9.17, 15) is 14.3 Å². The van der Waals surface area contributed by atoms with Gasteiger partial charge in [-0.1, -0.05) is 30.3 Å². The number of nitrogens with zero attached hydrogens (tertiary/aromatic N) is 1. The van der Waals surface area contributed by atoms with Crippen molar-refractivity contribution in [3.63, 3.8) is 0 Å². The van der Waals surface area contributed by atoms with Crippen molar-refractivity contribution in [2.24, 2.45) is 4.99 Å². The number of phenols is 1. The van der Waals surface area contributed by atoms with Gasteiger partial charge in [0, 0.05) is 22.2 Å². The van der Waals surface area contributed by atoms with Gasteiger partial charge in [0.1, 0.15) is 16.6 Å². The fourth-order valence-corrected chi connectivity index (χ4v) is 4.60. The van der Waals surface area contributed by atoms with Gasteiger partial charge in [-0.25, -0.2) is 9.38 Å². The number of fused-ring (bicyclic) bond motifs is 1. The second-order valence-corrected chi connectivity index (χ2v) is 7.63. The van der Waals surface area contributed by atoms with E-state index in [4.69, 9.17) is 0 Å². The molecule has 1 N–H and O–H groups in total. The standard InChI is InChI=1S/C22H18FNO2S/c23-16-10-11-18(25)15(12-16)13-24-22-20(17-8-4-5-9-19(17)27-22)21(26)14-6-2-1-3-7-14/h1-3,6-7,10-13,25H,4-5,8-9H2/b24-13+. The molecule has 0 saturated heterocycles. The Kier molecular flexibility index (Phi) is 4.86. The van der Waals surface area contributed by atoms with Crippen LogP contribution in [-0.4, -0.2) is 17.1 Å². The molecule has 0 saturated carbocycles. The SMILES string of the molecule is O=C(c1ccccc1)c1c(/N=C/c2cc(F)ccc2O)sc2c1CCCC2. The fraction of sp³-hybridized carbons (Fsp3) is 0.182. The molecule has 0 amide bonds. The first-order chi connectivity index (χ1) is 13.1. The van der Waals surface area contributed by atoms with Crippen LogP contribution in [0.5, 0.6) is 5.75 Å². The summed E-state index contributed by atoms with van der Waals surface area (Å²) in [6, 6.07) is 12.9. The molecule has 1 aromatic heterocycles. The summed E-state index contributed by atoms with van der Waals surface area (Å²) in [5, 5.41) is 10.5. The van der Waals surface area contributed by atoms with Crippen molar-refractivity contribution in [3.8, 4) is 5.75 Å². The molecule has 1 aliphatic carbocycles. The highest BCUT2D eigenvalue weighted by atomic mass is 32.1. The topological polar surface area (TPSA) is 49.7 Å². The van der Waals surface area contributed by atoms with E-state index in [1.807, 2.05) is 18.2 Å². The van der Waals surface area contributed by atoms with E-state index < -0.39 is 5.82 Å². The molecule has 1 heterocycles. The molecule has 1 aliphatic rings. The smallest absolute Gasteiger partial charge is 0.196 e. The Morgan fingerprint density at radius 1 is 1.11 bits per heavy atom. The normalized spacial score (nSPS) is 13.7. The van der Waals surface area contributed by atoms with Crippen molar-refractivity contribution in [1.82, 2.24) is 0 Å². The summed E-state index contributed by atoms with van der Waals surface area (Å²) in [4.78, 5) is 18.8. The van der Waals surface area contributed by atoms with Crippen LogP contribution in [0.3, 0.4) is 0 Å². The molecule has 0 atom stereocenters. The number of aryl methyl sites for hydroxylation is 1. The number of aliphatic imine (C=N–C) groups is 1. The average molecular weight is 379 g/mol. The van der Waals surface area contributed by atoms with Gasteiger partial charge in [0.05, 0.1) is 5.56 Å². The van der Waals surface area contributed by atoms with Gasteiger partial charge in [-0.05, 0) is 49.4 Å². The van der Waals surface area contributed by atoms with Crippen LogP contribution in [0.15, 0.2) is 53.5 Å². The first-order valence-electron chi connectivity index (χ1n) is 8.90. The quantitative estimate of drug-likeness (QED) is 0.484. The van der Waals surface area contributed by atoms with Gasteiger partial charge < -0.3 is 5.11 Å². The van der Waals surface area contributed by atoms with E-state index in [1.54, 1.807) is 12.1 Å². The van der Waals surface area contributed by atoms with Crippen molar-refractivity contribution in [2.75, 3.05) is 0 Å². The zero-order valence-electron chi connectivity index (χ0n) is 14.6. The molecule has 0 bridgehead atoms. The number of ketones is 1. The van der Waals surface area contributed by atoms with Crippen LogP contribution in [0, 0.1) is 5.82 Å². The molecular weight excluding hydrogens is 361 g/mol. The van der Waals surface area contributed by atoms with Crippen molar-refractivity contribution in [3.05, 3.63) is 81.5 Å². The van der Waals surface area contributed by atoms with Gasteiger partial charge in [0.2, 0.25) is 0 Å². The van der Waals surface area contributed by atoms with E-state index in [0.717, 1.165) is 31.2 Å². The summed E-state index contributed by atoms with van der Waals surface area (Å²) in [7, 11) is 0. The minimum absolute atomic E-state index is 0.0365. The number of hydrogen-bond donors (Lipinski definition) is 1. The van der Waals surface area contributed by atoms with Crippen LogP contribution in [0.25, 0.3) is 0 Å². The van der Waals surface area contributed by atoms with Crippen molar-refractivity contribution in [1.29, 1.82) is 0 Å². The van der Waals surface area contributed by atoms with Crippen molar-refractivity contribution < 1.29 is 14.3 Å². The molecule has 3 nitrogen and oxygen atoms in total. The van der Waals surface area contributed by atoms with E-state index in [0.29, 0.717) is 21.7 Å². The predicted octanol–water partition coefficient (Wildman–Crippen LogP) is 5.45. The molecule has 5 heteroatoms. The summed E-state index contributed by atoms with van der Waals surface area (Å²) in [5.41, 5.74) is 2.66. The molecule has 0 radical (unpaired) electrons. The average Bonchev–Trinajstić information content (AvgIpc) is 3.07. The largest absolute Gasteiger partial charge is 0.507 e. The molecule has 4 rings (SSSR count). The maximum absolute atomic E-state index is 13.5. The second kappa shape index (κ2) is 7.45. The number of rotatable bonds is 4. The van der Waals surface area contributed by atoms with E-state index in [-0.39, 0.29) is 11.5 Å². The molecule has 136 valence electrons. The van der Waals surface area contributed by atoms with E-state index in [2.05, 4.69) is 4.99 Å². The molecule has 3 aromatic rings. The lowest BCUT2D eigenvalue weighted by molar-refractivity contribution is 0.103. The number of carbonyl (C=O) groups is 1.